The highest BCUT2D eigenvalue weighted by Crippen LogP contribution is 2.34. The van der Waals surface area contributed by atoms with Gasteiger partial charge in [0.25, 0.3) is 5.69 Å². The summed E-state index contributed by atoms with van der Waals surface area (Å²) in [4.78, 5) is 39.9. The third kappa shape index (κ3) is 4.94. The number of non-ortho nitro benzene ring substituents is 1. The van der Waals surface area contributed by atoms with Crippen molar-refractivity contribution < 1.29 is 14.8 Å². The number of aromatic hydroxyl groups is 1. The van der Waals surface area contributed by atoms with Crippen LogP contribution in [-0.4, -0.2) is 54.6 Å². The van der Waals surface area contributed by atoms with Crippen molar-refractivity contribution in [3.63, 3.8) is 0 Å². The van der Waals surface area contributed by atoms with Crippen molar-refractivity contribution in [3.8, 4) is 17.1 Å². The van der Waals surface area contributed by atoms with Gasteiger partial charge in [-0.2, -0.15) is 0 Å². The first-order valence-electron chi connectivity index (χ1n) is 13.0. The van der Waals surface area contributed by atoms with Crippen molar-refractivity contribution in [1.29, 1.82) is 0 Å². The topological polar surface area (TPSA) is 141 Å². The minimum atomic E-state index is -0.460. The van der Waals surface area contributed by atoms with Gasteiger partial charge in [0.05, 0.1) is 40.1 Å². The van der Waals surface area contributed by atoms with Gasteiger partial charge in [0.1, 0.15) is 0 Å². The first kappa shape index (κ1) is 25.1. The molecule has 200 valence electrons. The molecule has 1 aliphatic rings. The first-order chi connectivity index (χ1) is 19.5. The number of imidazole rings is 1. The number of amides is 1. The van der Waals surface area contributed by atoms with Crippen LogP contribution in [0.1, 0.15) is 29.5 Å². The van der Waals surface area contributed by atoms with Gasteiger partial charge >= 0.3 is 0 Å². The number of benzene rings is 3. The Kier molecular flexibility index (Phi) is 6.57. The van der Waals surface area contributed by atoms with Gasteiger partial charge in [-0.05, 0) is 42.2 Å². The molecular weight excluding hydrogens is 508 g/mol. The summed E-state index contributed by atoms with van der Waals surface area (Å²) in [6.45, 7) is 1.48. The maximum absolute atomic E-state index is 12.0. The summed E-state index contributed by atoms with van der Waals surface area (Å²) in [6.07, 6.45) is 5.62. The number of fused-ring (bicyclic) bond motifs is 1. The molecule has 0 saturated carbocycles. The fourth-order valence-electron chi connectivity index (χ4n) is 5.08. The highest BCUT2D eigenvalue weighted by Gasteiger charge is 2.22. The van der Waals surface area contributed by atoms with Crippen LogP contribution < -0.4 is 0 Å². The number of aromatic nitrogens is 3. The molecule has 6 rings (SSSR count). The number of aromatic amines is 2. The summed E-state index contributed by atoms with van der Waals surface area (Å²) in [5.74, 6) is 0.0773. The number of hydrogen-bond acceptors (Lipinski definition) is 6. The number of hydrogen-bond donors (Lipinski definition) is 3. The highest BCUT2D eigenvalue weighted by atomic mass is 16.6. The fourth-order valence-corrected chi connectivity index (χ4v) is 5.08. The lowest BCUT2D eigenvalue weighted by Crippen LogP contribution is -2.26. The number of likely N-dealkylation sites (tertiary alicyclic amines) is 1. The molecule has 0 aliphatic carbocycles. The van der Waals surface area contributed by atoms with E-state index in [9.17, 15) is 20.0 Å². The van der Waals surface area contributed by atoms with E-state index in [4.69, 9.17) is 4.99 Å². The van der Waals surface area contributed by atoms with Crippen LogP contribution in [0.15, 0.2) is 84.2 Å². The van der Waals surface area contributed by atoms with Crippen LogP contribution >= 0.6 is 0 Å². The molecule has 2 aromatic heterocycles. The van der Waals surface area contributed by atoms with E-state index in [2.05, 4.69) is 15.0 Å². The Morgan fingerprint density at radius 3 is 2.58 bits per heavy atom. The molecule has 1 aliphatic heterocycles. The number of nitrogens with zero attached hydrogens (tertiary/aromatic N) is 4. The summed E-state index contributed by atoms with van der Waals surface area (Å²) in [7, 11) is 0. The Hall–Kier alpha value is -5.25. The van der Waals surface area contributed by atoms with E-state index >= 15 is 0 Å². The van der Waals surface area contributed by atoms with Gasteiger partial charge in [-0.1, -0.05) is 36.4 Å². The Balaban J connectivity index is 1.40. The number of aliphatic imine (C=N–C) groups is 1. The molecule has 3 heterocycles. The Bertz CT molecular complexity index is 1720. The van der Waals surface area contributed by atoms with E-state index in [0.29, 0.717) is 40.8 Å². The zero-order chi connectivity index (χ0) is 27.6. The number of H-pyrrole nitrogens is 2. The van der Waals surface area contributed by atoms with Gasteiger partial charge in [0, 0.05) is 48.1 Å². The van der Waals surface area contributed by atoms with Gasteiger partial charge in [-0.15, -0.1) is 0 Å². The van der Waals surface area contributed by atoms with Crippen LogP contribution in [0.4, 0.5) is 11.4 Å². The van der Waals surface area contributed by atoms with Gasteiger partial charge in [-0.25, -0.2) is 9.98 Å². The quantitative estimate of drug-likeness (QED) is 0.137. The molecule has 3 N–H and O–H groups in total. The van der Waals surface area contributed by atoms with E-state index in [1.165, 1.54) is 12.1 Å². The summed E-state index contributed by atoms with van der Waals surface area (Å²) in [5.41, 5.74) is 5.62. The molecule has 0 radical (unpaired) electrons. The third-order valence-electron chi connectivity index (χ3n) is 7.20. The molecule has 40 heavy (non-hydrogen) atoms. The van der Waals surface area contributed by atoms with Crippen molar-refractivity contribution in [2.75, 3.05) is 13.1 Å². The van der Waals surface area contributed by atoms with E-state index in [-0.39, 0.29) is 17.5 Å². The lowest BCUT2D eigenvalue weighted by Gasteiger charge is -2.15. The van der Waals surface area contributed by atoms with Gasteiger partial charge in [0.15, 0.2) is 5.88 Å². The number of nitrogens with one attached hydrogen (secondary N) is 2. The minimum Gasteiger partial charge on any atom is -0.494 e. The summed E-state index contributed by atoms with van der Waals surface area (Å²) in [6, 6.07) is 19.8. The molecule has 3 aromatic carbocycles. The van der Waals surface area contributed by atoms with E-state index in [1.807, 2.05) is 53.4 Å². The summed E-state index contributed by atoms with van der Waals surface area (Å²) < 4.78 is 0. The lowest BCUT2D eigenvalue weighted by molar-refractivity contribution is -0.384. The highest BCUT2D eigenvalue weighted by molar-refractivity contribution is 6.22. The first-order valence-corrected chi connectivity index (χ1v) is 13.0. The number of carbonyl (C=O) groups is 1. The zero-order valence-corrected chi connectivity index (χ0v) is 21.5. The van der Waals surface area contributed by atoms with Gasteiger partial charge < -0.3 is 20.0 Å². The van der Waals surface area contributed by atoms with E-state index < -0.39 is 4.92 Å². The SMILES string of the molecule is O=C1CCCN1CCc1ccc(C(=Nc2ccc(-c3cnc[nH]3)cc2)c2c(O)[nH]c3ccc([N+](=O)[O-])cc23)cc1. The number of rotatable bonds is 8. The zero-order valence-electron chi connectivity index (χ0n) is 21.5. The molecule has 10 nitrogen and oxygen atoms in total. The lowest BCUT2D eigenvalue weighted by atomic mass is 9.98. The van der Waals surface area contributed by atoms with Crippen molar-refractivity contribution in [1.82, 2.24) is 19.9 Å². The van der Waals surface area contributed by atoms with Crippen molar-refractivity contribution >= 4 is 33.9 Å². The largest absolute Gasteiger partial charge is 0.494 e. The molecule has 0 atom stereocenters. The predicted molar refractivity (Wildman–Crippen MR) is 152 cm³/mol. The van der Waals surface area contributed by atoms with Gasteiger partial charge in [-0.3, -0.25) is 14.9 Å². The fraction of sp³-hybridized carbons (Fsp3) is 0.167. The Morgan fingerprint density at radius 2 is 1.90 bits per heavy atom. The van der Waals surface area contributed by atoms with E-state index in [0.717, 1.165) is 41.8 Å². The summed E-state index contributed by atoms with van der Waals surface area (Å²) in [5, 5.41) is 23.0. The maximum Gasteiger partial charge on any atom is 0.270 e. The number of carbonyl (C=O) groups excluding carboxylic acids is 1. The molecule has 1 amide bonds. The second-order valence-corrected chi connectivity index (χ2v) is 9.74. The average Bonchev–Trinajstić information content (AvgIpc) is 3.71. The molecular formula is C30H26N6O4. The van der Waals surface area contributed by atoms with Crippen molar-refractivity contribution in [2.24, 2.45) is 4.99 Å². The van der Waals surface area contributed by atoms with Crippen molar-refractivity contribution in [2.45, 2.75) is 19.3 Å². The molecule has 0 bridgehead atoms. The normalized spacial score (nSPS) is 13.8. The Morgan fingerprint density at radius 1 is 1.10 bits per heavy atom. The second-order valence-electron chi connectivity index (χ2n) is 9.74. The van der Waals surface area contributed by atoms with Crippen molar-refractivity contribution in [3.05, 3.63) is 106 Å². The predicted octanol–water partition coefficient (Wildman–Crippen LogP) is 5.51. The molecule has 5 aromatic rings. The third-order valence-corrected chi connectivity index (χ3v) is 7.20. The van der Waals surface area contributed by atoms with Crippen LogP contribution in [-0.2, 0) is 11.2 Å². The molecule has 0 spiro atoms. The van der Waals surface area contributed by atoms with Gasteiger partial charge in [0.2, 0.25) is 5.91 Å². The van der Waals surface area contributed by atoms with Crippen LogP contribution in [0.3, 0.4) is 0 Å². The van der Waals surface area contributed by atoms with Crippen LogP contribution in [0.2, 0.25) is 0 Å². The summed E-state index contributed by atoms with van der Waals surface area (Å²) >= 11 is 0. The smallest absolute Gasteiger partial charge is 0.270 e. The molecule has 1 saturated heterocycles. The molecule has 0 unspecified atom stereocenters. The average molecular weight is 535 g/mol. The standard InChI is InChI=1S/C30H26N6O4/c37-27-2-1-14-35(27)15-13-19-3-5-21(6-4-19)29(33-22-9-7-20(8-10-22)26-17-31-18-32-26)28-24-16-23(36(39)40)11-12-25(24)34-30(28)38/h3-12,16-18,34,38H,1-2,13-15H2,(H,31,32). The van der Waals surface area contributed by atoms with Crippen LogP contribution in [0.5, 0.6) is 5.88 Å². The molecule has 10 heteroatoms. The monoisotopic (exact) mass is 534 g/mol. The second kappa shape index (κ2) is 10.5. The number of nitro benzene ring substituents is 1. The van der Waals surface area contributed by atoms with Crippen LogP contribution in [0, 0.1) is 10.1 Å². The van der Waals surface area contributed by atoms with Crippen LogP contribution in [0.25, 0.3) is 22.2 Å². The van der Waals surface area contributed by atoms with E-state index in [1.54, 1.807) is 18.6 Å². The number of nitro groups is 1. The molecule has 1 fully saturated rings. The maximum atomic E-state index is 12.0. The minimum absolute atomic E-state index is 0.0807. The Labute approximate surface area is 229 Å².